The van der Waals surface area contributed by atoms with Crippen molar-refractivity contribution in [3.05, 3.63) is 29.8 Å². The first-order valence-corrected chi connectivity index (χ1v) is 6.73. The first-order valence-electron chi connectivity index (χ1n) is 6.73. The lowest BCUT2D eigenvalue weighted by molar-refractivity contribution is 0.0695. The molecule has 0 aromatic heterocycles. The molecule has 0 heterocycles. The fourth-order valence-corrected chi connectivity index (χ4v) is 1.86. The molecule has 0 aliphatic heterocycles. The predicted octanol–water partition coefficient (Wildman–Crippen LogP) is 1.63. The van der Waals surface area contributed by atoms with E-state index >= 15 is 0 Å². The molecule has 1 aromatic carbocycles. The molecule has 4 nitrogen and oxygen atoms in total. The van der Waals surface area contributed by atoms with E-state index < -0.39 is 6.10 Å². The molecular formula is C15H26N2O2. The van der Waals surface area contributed by atoms with Gasteiger partial charge in [-0.2, -0.15) is 0 Å². The Hall–Kier alpha value is -1.10. The summed E-state index contributed by atoms with van der Waals surface area (Å²) in [5.41, 5.74) is 2.37. The number of rotatable bonds is 8. The molecule has 0 bridgehead atoms. The van der Waals surface area contributed by atoms with Crippen LogP contribution in [0.4, 0.5) is 5.69 Å². The van der Waals surface area contributed by atoms with Gasteiger partial charge in [0, 0.05) is 39.0 Å². The lowest BCUT2D eigenvalue weighted by atomic mass is 10.2. The van der Waals surface area contributed by atoms with Crippen LogP contribution in [0, 0.1) is 0 Å². The largest absolute Gasteiger partial charge is 0.389 e. The van der Waals surface area contributed by atoms with Crippen molar-refractivity contribution >= 4 is 5.69 Å². The molecule has 1 rings (SSSR count). The second-order valence-electron chi connectivity index (χ2n) is 5.19. The van der Waals surface area contributed by atoms with Crippen LogP contribution < -0.4 is 10.2 Å². The highest BCUT2D eigenvalue weighted by Gasteiger charge is 2.08. The third kappa shape index (κ3) is 6.05. The van der Waals surface area contributed by atoms with Crippen LogP contribution >= 0.6 is 0 Å². The van der Waals surface area contributed by atoms with Gasteiger partial charge in [-0.25, -0.2) is 0 Å². The number of methoxy groups -OCH3 is 1. The summed E-state index contributed by atoms with van der Waals surface area (Å²) in [6.07, 6.45) is -0.461. The SMILES string of the molecule is COCC(O)CN(C)c1ccc(CNC(C)C)cc1. The van der Waals surface area contributed by atoms with Crippen molar-refractivity contribution in [2.45, 2.75) is 32.5 Å². The molecule has 1 atom stereocenters. The van der Waals surface area contributed by atoms with E-state index in [9.17, 15) is 5.11 Å². The van der Waals surface area contributed by atoms with Gasteiger partial charge in [-0.15, -0.1) is 0 Å². The Morgan fingerprint density at radius 3 is 2.42 bits per heavy atom. The molecule has 0 radical (unpaired) electrons. The van der Waals surface area contributed by atoms with Gasteiger partial charge in [-0.3, -0.25) is 0 Å². The Balaban J connectivity index is 2.50. The number of nitrogens with zero attached hydrogens (tertiary/aromatic N) is 1. The number of benzene rings is 1. The zero-order valence-electron chi connectivity index (χ0n) is 12.4. The Morgan fingerprint density at radius 1 is 1.26 bits per heavy atom. The molecule has 0 aliphatic rings. The molecule has 0 amide bonds. The fourth-order valence-electron chi connectivity index (χ4n) is 1.86. The van der Waals surface area contributed by atoms with Gasteiger partial charge in [0.2, 0.25) is 0 Å². The zero-order chi connectivity index (χ0) is 14.3. The summed E-state index contributed by atoms with van der Waals surface area (Å²) in [5.74, 6) is 0. The van der Waals surface area contributed by atoms with E-state index in [0.717, 1.165) is 12.2 Å². The molecule has 108 valence electrons. The van der Waals surface area contributed by atoms with Crippen LogP contribution in [0.15, 0.2) is 24.3 Å². The molecule has 19 heavy (non-hydrogen) atoms. The van der Waals surface area contributed by atoms with Crippen LogP contribution in [-0.4, -0.2) is 44.6 Å². The normalized spacial score (nSPS) is 12.7. The summed E-state index contributed by atoms with van der Waals surface area (Å²) in [6, 6.07) is 8.88. The van der Waals surface area contributed by atoms with E-state index in [-0.39, 0.29) is 0 Å². The van der Waals surface area contributed by atoms with Crippen molar-refractivity contribution in [1.29, 1.82) is 0 Å². The highest BCUT2D eigenvalue weighted by Crippen LogP contribution is 2.14. The van der Waals surface area contributed by atoms with Crippen molar-refractivity contribution in [2.75, 3.05) is 32.2 Å². The minimum Gasteiger partial charge on any atom is -0.389 e. The number of aliphatic hydroxyl groups is 1. The molecule has 2 N–H and O–H groups in total. The quantitative estimate of drug-likeness (QED) is 0.750. The monoisotopic (exact) mass is 266 g/mol. The van der Waals surface area contributed by atoms with Gasteiger partial charge in [-0.1, -0.05) is 26.0 Å². The van der Waals surface area contributed by atoms with Crippen LogP contribution in [0.3, 0.4) is 0 Å². The molecule has 0 saturated heterocycles. The number of ether oxygens (including phenoxy) is 1. The summed E-state index contributed by atoms with van der Waals surface area (Å²) in [4.78, 5) is 2.03. The van der Waals surface area contributed by atoms with Crippen molar-refractivity contribution in [1.82, 2.24) is 5.32 Å². The molecule has 1 aromatic rings. The van der Waals surface area contributed by atoms with Crippen molar-refractivity contribution in [3.63, 3.8) is 0 Å². The molecule has 0 saturated carbocycles. The number of hydrogen-bond donors (Lipinski definition) is 2. The molecular weight excluding hydrogens is 240 g/mol. The van der Waals surface area contributed by atoms with E-state index in [4.69, 9.17) is 4.74 Å². The molecule has 0 spiro atoms. The Labute approximate surface area is 116 Å². The van der Waals surface area contributed by atoms with Crippen LogP contribution in [0.5, 0.6) is 0 Å². The maximum atomic E-state index is 9.70. The highest BCUT2D eigenvalue weighted by molar-refractivity contribution is 5.47. The van der Waals surface area contributed by atoms with E-state index in [1.54, 1.807) is 7.11 Å². The number of likely N-dealkylation sites (N-methyl/N-ethyl adjacent to an activating group) is 1. The summed E-state index contributed by atoms with van der Waals surface area (Å²) < 4.78 is 4.93. The lowest BCUT2D eigenvalue weighted by Gasteiger charge is -2.22. The first kappa shape index (κ1) is 16.0. The maximum Gasteiger partial charge on any atom is 0.0947 e. The van der Waals surface area contributed by atoms with Gasteiger partial charge in [0.1, 0.15) is 0 Å². The maximum absolute atomic E-state index is 9.70. The van der Waals surface area contributed by atoms with Gasteiger partial charge >= 0.3 is 0 Å². The van der Waals surface area contributed by atoms with Gasteiger partial charge in [-0.05, 0) is 17.7 Å². The minimum atomic E-state index is -0.461. The first-order chi connectivity index (χ1) is 9.02. The number of aliphatic hydroxyl groups excluding tert-OH is 1. The van der Waals surface area contributed by atoms with Gasteiger partial charge in [0.25, 0.3) is 0 Å². The van der Waals surface area contributed by atoms with Crippen LogP contribution in [0.25, 0.3) is 0 Å². The topological polar surface area (TPSA) is 44.7 Å². The average molecular weight is 266 g/mol. The van der Waals surface area contributed by atoms with Crippen molar-refractivity contribution in [2.24, 2.45) is 0 Å². The van der Waals surface area contributed by atoms with E-state index in [1.165, 1.54) is 5.56 Å². The third-order valence-electron chi connectivity index (χ3n) is 2.94. The number of hydrogen-bond acceptors (Lipinski definition) is 4. The predicted molar refractivity (Wildman–Crippen MR) is 79.6 cm³/mol. The third-order valence-corrected chi connectivity index (χ3v) is 2.94. The zero-order valence-corrected chi connectivity index (χ0v) is 12.4. The molecule has 1 unspecified atom stereocenters. The smallest absolute Gasteiger partial charge is 0.0947 e. The Morgan fingerprint density at radius 2 is 1.89 bits per heavy atom. The van der Waals surface area contributed by atoms with Gasteiger partial charge in [0.15, 0.2) is 0 Å². The Bertz CT molecular complexity index is 352. The van der Waals surface area contributed by atoms with Crippen LogP contribution in [0.1, 0.15) is 19.4 Å². The van der Waals surface area contributed by atoms with Crippen LogP contribution in [0.2, 0.25) is 0 Å². The molecule has 0 fully saturated rings. The van der Waals surface area contributed by atoms with Gasteiger partial charge < -0.3 is 20.1 Å². The van der Waals surface area contributed by atoms with E-state index in [1.807, 2.05) is 11.9 Å². The summed E-state index contributed by atoms with van der Waals surface area (Å²) >= 11 is 0. The van der Waals surface area contributed by atoms with E-state index in [2.05, 4.69) is 43.4 Å². The minimum absolute atomic E-state index is 0.362. The van der Waals surface area contributed by atoms with E-state index in [0.29, 0.717) is 19.2 Å². The summed E-state index contributed by atoms with van der Waals surface area (Å²) in [5, 5.41) is 13.1. The second kappa shape index (κ2) is 8.15. The lowest BCUT2D eigenvalue weighted by Crippen LogP contribution is -2.31. The van der Waals surface area contributed by atoms with Gasteiger partial charge in [0.05, 0.1) is 12.7 Å². The highest BCUT2D eigenvalue weighted by atomic mass is 16.5. The summed E-state index contributed by atoms with van der Waals surface area (Å²) in [6.45, 7) is 6.09. The average Bonchev–Trinajstić information content (AvgIpc) is 2.37. The summed E-state index contributed by atoms with van der Waals surface area (Å²) in [7, 11) is 3.57. The fraction of sp³-hybridized carbons (Fsp3) is 0.600. The van der Waals surface area contributed by atoms with Crippen molar-refractivity contribution in [3.8, 4) is 0 Å². The second-order valence-corrected chi connectivity index (χ2v) is 5.19. The molecule has 4 heteroatoms. The Kier molecular flexibility index (Phi) is 6.84. The standard InChI is InChI=1S/C15H26N2O2/c1-12(2)16-9-13-5-7-14(8-6-13)17(3)10-15(18)11-19-4/h5-8,12,15-16,18H,9-11H2,1-4H3. The molecule has 0 aliphatic carbocycles. The number of anilines is 1. The van der Waals surface area contributed by atoms with Crippen molar-refractivity contribution < 1.29 is 9.84 Å². The number of nitrogens with one attached hydrogen (secondary N) is 1. The van der Waals surface area contributed by atoms with Crippen LogP contribution in [-0.2, 0) is 11.3 Å².